The number of rotatable bonds is 6. The number of phenolic OH excluding ortho intramolecular Hbond substituents is 1. The van der Waals surface area contributed by atoms with Crippen LogP contribution in [0.25, 0.3) is 0 Å². The Labute approximate surface area is 238 Å². The van der Waals surface area contributed by atoms with Gasteiger partial charge in [-0.25, -0.2) is 0 Å². The number of aromatic hydroxyl groups is 1. The van der Waals surface area contributed by atoms with E-state index in [1.165, 1.54) is 12.8 Å². The molecule has 0 unspecified atom stereocenters. The van der Waals surface area contributed by atoms with Crippen LogP contribution in [0.3, 0.4) is 0 Å². The van der Waals surface area contributed by atoms with Crippen molar-refractivity contribution in [1.29, 1.82) is 0 Å². The number of ketones is 2. The Hall–Kier alpha value is -3.41. The smallest absolute Gasteiger partial charge is 0.255 e. The molecule has 6 rings (SSSR count). The number of hydrogen-bond donors (Lipinski definition) is 6. The fraction of sp³-hybridized carbons (Fsp3) is 0.567. The number of allylic oxidation sites excluding steroid dienone is 1. The molecule has 7 N–H and O–H groups in total. The third-order valence-corrected chi connectivity index (χ3v) is 10.2. The van der Waals surface area contributed by atoms with Gasteiger partial charge in [-0.2, -0.15) is 0 Å². The van der Waals surface area contributed by atoms with Crippen molar-refractivity contribution in [2.75, 3.05) is 33.1 Å². The second kappa shape index (κ2) is 9.04. The number of fused-ring (bicyclic) bond motifs is 3. The van der Waals surface area contributed by atoms with Gasteiger partial charge in [0.05, 0.1) is 11.6 Å². The first-order valence-corrected chi connectivity index (χ1v) is 14.1. The Morgan fingerprint density at radius 1 is 1.12 bits per heavy atom. The van der Waals surface area contributed by atoms with Crippen LogP contribution < -0.4 is 16.0 Å². The number of likely N-dealkylation sites (N-methyl/N-ethyl adjacent to an activating group) is 1. The Morgan fingerprint density at radius 2 is 1.78 bits per heavy atom. The van der Waals surface area contributed by atoms with Gasteiger partial charge in [-0.3, -0.25) is 19.3 Å². The number of amides is 1. The molecule has 1 aromatic carbocycles. The van der Waals surface area contributed by atoms with Crippen LogP contribution in [0.15, 0.2) is 28.7 Å². The summed E-state index contributed by atoms with van der Waals surface area (Å²) in [5.74, 6) is -6.42. The van der Waals surface area contributed by atoms with Gasteiger partial charge in [0.25, 0.3) is 5.91 Å². The summed E-state index contributed by atoms with van der Waals surface area (Å²) < 4.78 is 0. The summed E-state index contributed by atoms with van der Waals surface area (Å²) in [4.78, 5) is 43.2. The van der Waals surface area contributed by atoms with Crippen LogP contribution in [0.2, 0.25) is 0 Å². The molecule has 1 spiro atoms. The molecule has 0 heterocycles. The van der Waals surface area contributed by atoms with E-state index in [1.54, 1.807) is 19.0 Å². The molecule has 41 heavy (non-hydrogen) atoms. The normalized spacial score (nSPS) is 30.2. The highest BCUT2D eigenvalue weighted by Gasteiger charge is 2.63. The Bertz CT molecular complexity index is 1450. The maximum Gasteiger partial charge on any atom is 0.255 e. The summed E-state index contributed by atoms with van der Waals surface area (Å²) in [6.07, 6.45) is 5.09. The number of aliphatic hydroxyl groups excluding tert-OH is 2. The molecule has 0 saturated heterocycles. The highest BCUT2D eigenvalue weighted by atomic mass is 16.3. The van der Waals surface area contributed by atoms with Crippen LogP contribution in [0.4, 0.5) is 5.69 Å². The highest BCUT2D eigenvalue weighted by Crippen LogP contribution is 2.60. The minimum absolute atomic E-state index is 0.0426. The number of carbonyl (C=O) groups is 3. The van der Waals surface area contributed by atoms with E-state index in [9.17, 15) is 34.8 Å². The predicted octanol–water partition coefficient (Wildman–Crippen LogP) is 1.22. The van der Waals surface area contributed by atoms with Crippen molar-refractivity contribution < 1.29 is 34.8 Å². The summed E-state index contributed by atoms with van der Waals surface area (Å²) in [7, 11) is 6.93. The molecule has 2 fully saturated rings. The number of nitrogens with one attached hydrogen (secondary N) is 1. The molecule has 11 nitrogen and oxygen atoms in total. The molecule has 1 aromatic rings. The fourth-order valence-electron chi connectivity index (χ4n) is 7.86. The lowest BCUT2D eigenvalue weighted by molar-refractivity contribution is -0.148. The number of nitrogens with zero attached hydrogens (tertiary/aromatic N) is 2. The number of anilines is 1. The van der Waals surface area contributed by atoms with Gasteiger partial charge < -0.3 is 36.4 Å². The molecule has 0 bridgehead atoms. The zero-order chi connectivity index (χ0) is 29.8. The molecule has 0 radical (unpaired) electrons. The lowest BCUT2D eigenvalue weighted by Crippen LogP contribution is -2.63. The van der Waals surface area contributed by atoms with E-state index in [0.29, 0.717) is 29.1 Å². The van der Waals surface area contributed by atoms with E-state index in [1.807, 2.05) is 25.1 Å². The number of Topliss-reactive ketones (excluding diaryl/α,β-unsaturated/α-hetero) is 2. The second-order valence-corrected chi connectivity index (χ2v) is 13.1. The Balaban J connectivity index is 1.44. The minimum atomic E-state index is -2.65. The van der Waals surface area contributed by atoms with Gasteiger partial charge in [0, 0.05) is 49.4 Å². The van der Waals surface area contributed by atoms with Crippen LogP contribution >= 0.6 is 0 Å². The first-order valence-electron chi connectivity index (χ1n) is 14.1. The van der Waals surface area contributed by atoms with Crippen molar-refractivity contribution >= 4 is 23.2 Å². The van der Waals surface area contributed by atoms with Crippen molar-refractivity contribution in [2.24, 2.45) is 23.0 Å². The van der Waals surface area contributed by atoms with Crippen LogP contribution in [0.1, 0.15) is 53.6 Å². The molecule has 220 valence electrons. The summed E-state index contributed by atoms with van der Waals surface area (Å²) >= 11 is 0. The zero-order valence-electron chi connectivity index (χ0n) is 23.8. The largest absolute Gasteiger partial charge is 0.510 e. The van der Waals surface area contributed by atoms with Gasteiger partial charge >= 0.3 is 0 Å². The van der Waals surface area contributed by atoms with Crippen molar-refractivity contribution in [3.63, 3.8) is 0 Å². The average molecular weight is 567 g/mol. The standard InChI is InChI=1S/C30H38N4O7/c1-33(2)18-9-14(12-32-15-10-29(11-15)5-6-29)23(35)20-16(18)7-13-8-17-22(34(3)4)25(37)21(28(31)40)27(39)30(17,41)26(38)19(13)24(20)36/h9,13,15,17,22,32,35,37-38,41H,5-8,10-12H2,1-4H3,(H2,31,40)/t13-,17-,22-,30-/m0/s1. The maximum absolute atomic E-state index is 14.1. The van der Waals surface area contributed by atoms with Gasteiger partial charge in [-0.15, -0.1) is 0 Å². The number of benzene rings is 1. The van der Waals surface area contributed by atoms with E-state index in [-0.39, 0.29) is 29.7 Å². The number of aliphatic hydroxyl groups is 3. The zero-order valence-corrected chi connectivity index (χ0v) is 23.8. The molecule has 5 aliphatic rings. The molecule has 1 amide bonds. The second-order valence-electron chi connectivity index (χ2n) is 13.1. The van der Waals surface area contributed by atoms with E-state index in [2.05, 4.69) is 5.32 Å². The topological polar surface area (TPSA) is 177 Å². The van der Waals surface area contributed by atoms with Crippen molar-refractivity contribution in [3.8, 4) is 5.75 Å². The predicted molar refractivity (Wildman–Crippen MR) is 150 cm³/mol. The monoisotopic (exact) mass is 566 g/mol. The number of hydrogen-bond acceptors (Lipinski definition) is 10. The third-order valence-electron chi connectivity index (χ3n) is 10.2. The maximum atomic E-state index is 14.1. The summed E-state index contributed by atoms with van der Waals surface area (Å²) in [6, 6.07) is 1.23. The van der Waals surface area contributed by atoms with E-state index in [4.69, 9.17) is 5.73 Å². The first kappa shape index (κ1) is 27.7. The molecular formula is C30H38N4O7. The molecule has 0 aromatic heterocycles. The van der Waals surface area contributed by atoms with Gasteiger partial charge in [-0.1, -0.05) is 0 Å². The van der Waals surface area contributed by atoms with Crippen molar-refractivity contribution in [2.45, 2.75) is 62.8 Å². The van der Waals surface area contributed by atoms with Crippen LogP contribution in [0, 0.1) is 17.3 Å². The van der Waals surface area contributed by atoms with E-state index in [0.717, 1.165) is 18.5 Å². The molecule has 5 aliphatic carbocycles. The van der Waals surface area contributed by atoms with Crippen LogP contribution in [-0.4, -0.2) is 88.7 Å². The summed E-state index contributed by atoms with van der Waals surface area (Å²) in [5, 5.41) is 49.1. The van der Waals surface area contributed by atoms with Gasteiger partial charge in [0.1, 0.15) is 22.8 Å². The quantitative estimate of drug-likeness (QED) is 0.275. The van der Waals surface area contributed by atoms with Crippen LogP contribution in [0.5, 0.6) is 5.75 Å². The Morgan fingerprint density at radius 3 is 2.34 bits per heavy atom. The molecule has 4 atom stereocenters. The summed E-state index contributed by atoms with van der Waals surface area (Å²) in [6.45, 7) is 0.365. The van der Waals surface area contributed by atoms with Crippen molar-refractivity contribution in [3.05, 3.63) is 45.4 Å². The Kier molecular flexibility index (Phi) is 6.12. The molecule has 11 heteroatoms. The SMILES string of the molecule is CN(C)c1cc(CNC2CC3(CC3)C2)c(O)c2c1C[C@H]1C[C@H]3[C@H](N(C)C)C(O)=C(C(N)=O)C(=O)[C@@]3(O)C(O)=C1C2=O. The lowest BCUT2D eigenvalue weighted by Gasteiger charge is -2.50. The highest BCUT2D eigenvalue weighted by molar-refractivity contribution is 6.25. The summed E-state index contributed by atoms with van der Waals surface area (Å²) in [5.41, 5.74) is 4.29. The molecule has 2 saturated carbocycles. The lowest BCUT2D eigenvalue weighted by atomic mass is 9.58. The van der Waals surface area contributed by atoms with E-state index < -0.39 is 58.0 Å². The third kappa shape index (κ3) is 3.85. The van der Waals surface area contributed by atoms with Gasteiger partial charge in [0.2, 0.25) is 5.78 Å². The molecular weight excluding hydrogens is 528 g/mol. The van der Waals surface area contributed by atoms with Gasteiger partial charge in [0.15, 0.2) is 11.4 Å². The minimum Gasteiger partial charge on any atom is -0.510 e. The van der Waals surface area contributed by atoms with Gasteiger partial charge in [-0.05, 0) is 75.6 Å². The molecule has 0 aliphatic heterocycles. The fourth-order valence-corrected chi connectivity index (χ4v) is 7.86. The number of phenols is 1. The average Bonchev–Trinajstić information content (AvgIpc) is 3.66. The number of nitrogens with two attached hydrogens (primary N) is 1. The first-order chi connectivity index (χ1) is 19.2. The van der Waals surface area contributed by atoms with E-state index >= 15 is 0 Å². The van der Waals surface area contributed by atoms with Crippen LogP contribution in [-0.2, 0) is 22.6 Å². The number of carbonyl (C=O) groups excluding carboxylic acids is 3. The van der Waals surface area contributed by atoms with Crippen molar-refractivity contribution in [1.82, 2.24) is 10.2 Å². The number of primary amides is 1.